The van der Waals surface area contributed by atoms with Crippen LogP contribution in [0.3, 0.4) is 0 Å². The fourth-order valence-electron chi connectivity index (χ4n) is 1.26. The molecular formula is C11H16BrNOS. The monoisotopic (exact) mass is 289 g/mol. The van der Waals surface area contributed by atoms with E-state index in [1.807, 2.05) is 6.07 Å². The van der Waals surface area contributed by atoms with E-state index >= 15 is 0 Å². The second kappa shape index (κ2) is 7.14. The van der Waals surface area contributed by atoms with Crippen molar-refractivity contribution in [2.24, 2.45) is 0 Å². The van der Waals surface area contributed by atoms with Crippen LogP contribution in [0, 0.1) is 0 Å². The van der Waals surface area contributed by atoms with Gasteiger partial charge in [0.2, 0.25) is 0 Å². The molecule has 0 aliphatic rings. The number of benzene rings is 1. The number of rotatable bonds is 6. The molecule has 0 amide bonds. The maximum Gasteiger partial charge on any atom is 0.133 e. The third-order valence-electron chi connectivity index (χ3n) is 2.06. The van der Waals surface area contributed by atoms with Gasteiger partial charge in [-0.3, -0.25) is 0 Å². The minimum atomic E-state index is 0.870. The first-order valence-corrected chi connectivity index (χ1v) is 6.34. The number of ether oxygens (including phenoxy) is 1. The lowest BCUT2D eigenvalue weighted by atomic mass is 10.2. The number of nitrogens with one attached hydrogen (secondary N) is 1. The molecule has 0 fully saturated rings. The fraction of sp³-hybridized carbons (Fsp3) is 0.455. The molecule has 2 nitrogen and oxygen atoms in total. The molecule has 0 radical (unpaired) electrons. The van der Waals surface area contributed by atoms with Crippen LogP contribution in [-0.4, -0.2) is 19.4 Å². The van der Waals surface area contributed by atoms with E-state index in [2.05, 4.69) is 46.0 Å². The molecule has 1 N–H and O–H groups in total. The van der Waals surface area contributed by atoms with Crippen molar-refractivity contribution in [2.45, 2.75) is 13.0 Å². The lowest BCUT2D eigenvalue weighted by Crippen LogP contribution is -2.14. The highest BCUT2D eigenvalue weighted by Gasteiger charge is 2.00. The van der Waals surface area contributed by atoms with E-state index in [1.165, 1.54) is 5.56 Å². The zero-order valence-corrected chi connectivity index (χ0v) is 11.3. The Morgan fingerprint density at radius 3 is 2.87 bits per heavy atom. The third kappa shape index (κ3) is 4.45. The van der Waals surface area contributed by atoms with Gasteiger partial charge >= 0.3 is 0 Å². The highest BCUT2D eigenvalue weighted by atomic mass is 79.9. The maximum absolute atomic E-state index is 5.17. The Hall–Kier alpha value is -0.190. The van der Waals surface area contributed by atoms with Crippen LogP contribution in [0.1, 0.15) is 12.0 Å². The predicted molar refractivity (Wildman–Crippen MR) is 70.9 cm³/mol. The summed E-state index contributed by atoms with van der Waals surface area (Å²) in [6, 6.07) is 6.11. The van der Waals surface area contributed by atoms with Gasteiger partial charge in [-0.05, 0) is 52.3 Å². The first-order valence-electron chi connectivity index (χ1n) is 4.92. The zero-order chi connectivity index (χ0) is 11.1. The van der Waals surface area contributed by atoms with Crippen LogP contribution in [0.2, 0.25) is 0 Å². The average Bonchev–Trinajstić information content (AvgIpc) is 2.25. The van der Waals surface area contributed by atoms with Crippen molar-refractivity contribution in [3.05, 3.63) is 28.2 Å². The van der Waals surface area contributed by atoms with Crippen molar-refractivity contribution in [2.75, 3.05) is 19.4 Å². The normalized spacial score (nSPS) is 10.3. The van der Waals surface area contributed by atoms with Crippen molar-refractivity contribution in [3.63, 3.8) is 0 Å². The fourth-order valence-corrected chi connectivity index (χ4v) is 2.00. The first-order chi connectivity index (χ1) is 7.27. The minimum absolute atomic E-state index is 0.870. The number of halogens is 1. The highest BCUT2D eigenvalue weighted by molar-refractivity contribution is 9.10. The van der Waals surface area contributed by atoms with Crippen LogP contribution in [0.4, 0.5) is 0 Å². The summed E-state index contributed by atoms with van der Waals surface area (Å²) < 4.78 is 6.16. The molecule has 0 bridgehead atoms. The maximum atomic E-state index is 5.17. The van der Waals surface area contributed by atoms with Crippen molar-refractivity contribution >= 4 is 28.6 Å². The van der Waals surface area contributed by atoms with Gasteiger partial charge in [-0.2, -0.15) is 12.6 Å². The smallest absolute Gasteiger partial charge is 0.133 e. The average molecular weight is 290 g/mol. The zero-order valence-electron chi connectivity index (χ0n) is 8.79. The van der Waals surface area contributed by atoms with Crippen LogP contribution >= 0.6 is 28.6 Å². The highest BCUT2D eigenvalue weighted by Crippen LogP contribution is 2.25. The van der Waals surface area contributed by atoms with E-state index in [0.29, 0.717) is 0 Å². The topological polar surface area (TPSA) is 21.3 Å². The van der Waals surface area contributed by atoms with Gasteiger partial charge in [-0.15, -0.1) is 0 Å². The summed E-state index contributed by atoms with van der Waals surface area (Å²) in [6.45, 7) is 1.89. The Kier molecular flexibility index (Phi) is 6.13. The molecule has 1 aromatic carbocycles. The summed E-state index contributed by atoms with van der Waals surface area (Å²) >= 11 is 7.62. The van der Waals surface area contributed by atoms with E-state index < -0.39 is 0 Å². The molecule has 0 heterocycles. The Morgan fingerprint density at radius 2 is 2.27 bits per heavy atom. The first kappa shape index (κ1) is 12.9. The molecule has 0 aliphatic carbocycles. The summed E-state index contributed by atoms with van der Waals surface area (Å²) in [5.74, 6) is 1.80. The number of methoxy groups -OCH3 is 1. The van der Waals surface area contributed by atoms with Crippen molar-refractivity contribution < 1.29 is 4.74 Å². The van der Waals surface area contributed by atoms with Crippen molar-refractivity contribution in [1.82, 2.24) is 5.32 Å². The Morgan fingerprint density at radius 1 is 1.47 bits per heavy atom. The van der Waals surface area contributed by atoms with E-state index in [-0.39, 0.29) is 0 Å². The molecule has 0 aromatic heterocycles. The molecule has 0 atom stereocenters. The van der Waals surface area contributed by atoms with E-state index in [4.69, 9.17) is 4.74 Å². The van der Waals surface area contributed by atoms with Gasteiger partial charge in [0.25, 0.3) is 0 Å². The second-order valence-electron chi connectivity index (χ2n) is 3.22. The predicted octanol–water partition coefficient (Wildman–Crippen LogP) is 2.87. The molecular weight excluding hydrogens is 274 g/mol. The summed E-state index contributed by atoms with van der Waals surface area (Å²) in [5.41, 5.74) is 1.25. The largest absolute Gasteiger partial charge is 0.496 e. The SMILES string of the molecule is COc1ccc(CNCCCS)cc1Br. The van der Waals surface area contributed by atoms with Crippen molar-refractivity contribution in [1.29, 1.82) is 0 Å². The van der Waals surface area contributed by atoms with Gasteiger partial charge in [0, 0.05) is 6.54 Å². The molecule has 0 aliphatic heterocycles. The Labute approximate surface area is 105 Å². The molecule has 0 saturated carbocycles. The van der Waals surface area contributed by atoms with E-state index in [9.17, 15) is 0 Å². The number of hydrogen-bond donors (Lipinski definition) is 2. The summed E-state index contributed by atoms with van der Waals surface area (Å²) in [6.07, 6.45) is 1.10. The molecule has 0 saturated heterocycles. The van der Waals surface area contributed by atoms with Gasteiger partial charge < -0.3 is 10.1 Å². The lowest BCUT2D eigenvalue weighted by Gasteiger charge is -2.07. The van der Waals surface area contributed by atoms with Crippen molar-refractivity contribution in [3.8, 4) is 5.75 Å². The van der Waals surface area contributed by atoms with Crippen LogP contribution in [0.5, 0.6) is 5.75 Å². The van der Waals surface area contributed by atoms with Gasteiger partial charge in [-0.25, -0.2) is 0 Å². The summed E-state index contributed by atoms with van der Waals surface area (Å²) in [7, 11) is 1.67. The molecule has 4 heteroatoms. The standard InChI is InChI=1S/C11H16BrNOS/c1-14-11-4-3-9(7-10(11)12)8-13-5-2-6-15/h3-4,7,13,15H,2,5-6,8H2,1H3. The molecule has 1 aromatic rings. The number of thiol groups is 1. The van der Waals surface area contributed by atoms with E-state index in [1.54, 1.807) is 7.11 Å². The van der Waals surface area contributed by atoms with E-state index in [0.717, 1.165) is 35.5 Å². The number of hydrogen-bond acceptors (Lipinski definition) is 3. The summed E-state index contributed by atoms with van der Waals surface area (Å²) in [5, 5.41) is 3.36. The van der Waals surface area contributed by atoms with Gasteiger partial charge in [0.1, 0.15) is 5.75 Å². The quantitative estimate of drug-likeness (QED) is 0.621. The minimum Gasteiger partial charge on any atom is -0.496 e. The molecule has 15 heavy (non-hydrogen) atoms. The molecule has 0 unspecified atom stereocenters. The summed E-state index contributed by atoms with van der Waals surface area (Å²) in [4.78, 5) is 0. The molecule has 1 rings (SSSR count). The molecule has 0 spiro atoms. The third-order valence-corrected chi connectivity index (χ3v) is 2.99. The lowest BCUT2D eigenvalue weighted by molar-refractivity contribution is 0.412. The second-order valence-corrected chi connectivity index (χ2v) is 4.52. The van der Waals surface area contributed by atoms with Gasteiger partial charge in [0.05, 0.1) is 11.6 Å². The van der Waals surface area contributed by atoms with Crippen LogP contribution < -0.4 is 10.1 Å². The van der Waals surface area contributed by atoms with Crippen LogP contribution in [-0.2, 0) is 6.54 Å². The molecule has 84 valence electrons. The van der Waals surface area contributed by atoms with Crippen LogP contribution in [0.25, 0.3) is 0 Å². The van der Waals surface area contributed by atoms with Crippen LogP contribution in [0.15, 0.2) is 22.7 Å². The van der Waals surface area contributed by atoms with Gasteiger partial charge in [-0.1, -0.05) is 6.07 Å². The Bertz CT molecular complexity index is 307. The Balaban J connectivity index is 2.45. The van der Waals surface area contributed by atoms with Gasteiger partial charge in [0.15, 0.2) is 0 Å².